The van der Waals surface area contributed by atoms with Gasteiger partial charge in [0.05, 0.1) is 12.6 Å². The minimum atomic E-state index is -0.612. The molecule has 0 atom stereocenters. The summed E-state index contributed by atoms with van der Waals surface area (Å²) in [4.78, 5) is 24.6. The largest absolute Gasteiger partial charge is 0.486 e. The van der Waals surface area contributed by atoms with Crippen LogP contribution in [-0.4, -0.2) is 31.7 Å². The van der Waals surface area contributed by atoms with Crippen LogP contribution in [0.1, 0.15) is 17.2 Å². The first-order valence-electron chi connectivity index (χ1n) is 10.0. The van der Waals surface area contributed by atoms with Gasteiger partial charge in [0.15, 0.2) is 11.5 Å². The highest BCUT2D eigenvalue weighted by atomic mass is 16.6. The number of carbonyl (C=O) groups is 2. The van der Waals surface area contributed by atoms with Gasteiger partial charge in [-0.15, -0.1) is 0 Å². The normalized spacial score (nSPS) is 12.3. The lowest BCUT2D eigenvalue weighted by Crippen LogP contribution is -2.41. The molecule has 3 aromatic rings. The zero-order valence-corrected chi connectivity index (χ0v) is 16.8. The molecule has 0 unspecified atom stereocenters. The number of benzene rings is 3. The number of anilines is 1. The predicted molar refractivity (Wildman–Crippen MR) is 117 cm³/mol. The summed E-state index contributed by atoms with van der Waals surface area (Å²) in [5, 5.41) is 8.22. The molecule has 3 aromatic carbocycles. The third-order valence-electron chi connectivity index (χ3n) is 4.79. The predicted octanol–water partition coefficient (Wildman–Crippen LogP) is 3.49. The first-order chi connectivity index (χ1) is 15.2. The van der Waals surface area contributed by atoms with E-state index in [1.807, 2.05) is 60.7 Å². The average molecular weight is 417 g/mol. The number of fused-ring (bicyclic) bond motifs is 1. The van der Waals surface area contributed by atoms with Crippen LogP contribution >= 0.6 is 0 Å². The minimum Gasteiger partial charge on any atom is -0.486 e. The number of imide groups is 1. The molecule has 7 nitrogen and oxygen atoms in total. The standard InChI is InChI=1S/C24H23N3O4/c28-22(27-24(29)26-19-11-12-20-21(15-19)31-14-13-30-20)16-25-23(17-7-3-1-4-8-17)18-9-5-2-6-10-18/h1-12,15,23,25H,13-14,16H2,(H2,26,27,28,29). The van der Waals surface area contributed by atoms with E-state index in [2.05, 4.69) is 16.0 Å². The molecule has 0 radical (unpaired) electrons. The number of hydrogen-bond acceptors (Lipinski definition) is 5. The number of hydrogen-bond donors (Lipinski definition) is 3. The molecular formula is C24H23N3O4. The van der Waals surface area contributed by atoms with Crippen molar-refractivity contribution in [3.8, 4) is 11.5 Å². The lowest BCUT2D eigenvalue weighted by atomic mass is 9.99. The maximum atomic E-state index is 12.4. The molecule has 3 N–H and O–H groups in total. The number of ether oxygens (including phenoxy) is 2. The Morgan fingerprint density at radius 1 is 0.806 bits per heavy atom. The van der Waals surface area contributed by atoms with Gasteiger partial charge in [-0.1, -0.05) is 60.7 Å². The number of amides is 3. The molecule has 0 saturated heterocycles. The lowest BCUT2D eigenvalue weighted by molar-refractivity contribution is -0.119. The highest BCUT2D eigenvalue weighted by Crippen LogP contribution is 2.32. The van der Waals surface area contributed by atoms with Gasteiger partial charge in [0.25, 0.3) is 0 Å². The van der Waals surface area contributed by atoms with Crippen molar-refractivity contribution in [2.45, 2.75) is 6.04 Å². The Morgan fingerprint density at radius 2 is 1.42 bits per heavy atom. The van der Waals surface area contributed by atoms with Crippen molar-refractivity contribution in [1.82, 2.24) is 10.6 Å². The smallest absolute Gasteiger partial charge is 0.325 e. The van der Waals surface area contributed by atoms with E-state index in [-0.39, 0.29) is 12.6 Å². The lowest BCUT2D eigenvalue weighted by Gasteiger charge is -2.20. The Morgan fingerprint density at radius 3 is 2.06 bits per heavy atom. The SMILES string of the molecule is O=C(CNC(c1ccccc1)c1ccccc1)NC(=O)Nc1ccc2c(c1)OCCO2. The van der Waals surface area contributed by atoms with Crippen LogP contribution in [0.2, 0.25) is 0 Å². The molecule has 31 heavy (non-hydrogen) atoms. The molecule has 0 saturated carbocycles. The van der Waals surface area contributed by atoms with Gasteiger partial charge in [-0.2, -0.15) is 0 Å². The zero-order valence-electron chi connectivity index (χ0n) is 16.8. The minimum absolute atomic E-state index is 0.0248. The molecule has 1 aliphatic heterocycles. The Bertz CT molecular complexity index is 1000. The van der Waals surface area contributed by atoms with E-state index in [0.717, 1.165) is 11.1 Å². The highest BCUT2D eigenvalue weighted by Gasteiger charge is 2.17. The second kappa shape index (κ2) is 9.77. The Kier molecular flexibility index (Phi) is 6.44. The van der Waals surface area contributed by atoms with E-state index in [9.17, 15) is 9.59 Å². The van der Waals surface area contributed by atoms with E-state index in [1.165, 1.54) is 0 Å². The molecule has 0 aromatic heterocycles. The van der Waals surface area contributed by atoms with Gasteiger partial charge in [-0.25, -0.2) is 4.79 Å². The summed E-state index contributed by atoms with van der Waals surface area (Å²) >= 11 is 0. The van der Waals surface area contributed by atoms with Crippen molar-refractivity contribution in [3.05, 3.63) is 90.0 Å². The van der Waals surface area contributed by atoms with E-state index >= 15 is 0 Å². The van der Waals surface area contributed by atoms with Crippen molar-refractivity contribution in [2.24, 2.45) is 0 Å². The fraction of sp³-hybridized carbons (Fsp3) is 0.167. The summed E-state index contributed by atoms with van der Waals surface area (Å²) in [6.07, 6.45) is 0. The molecule has 7 heteroatoms. The fourth-order valence-corrected chi connectivity index (χ4v) is 3.37. The van der Waals surface area contributed by atoms with E-state index in [1.54, 1.807) is 18.2 Å². The number of nitrogens with one attached hydrogen (secondary N) is 3. The second-order valence-corrected chi connectivity index (χ2v) is 7.00. The molecule has 0 fully saturated rings. The van der Waals surface area contributed by atoms with E-state index in [4.69, 9.17) is 9.47 Å². The van der Waals surface area contributed by atoms with E-state index in [0.29, 0.717) is 30.4 Å². The molecule has 3 amide bonds. The summed E-state index contributed by atoms with van der Waals surface area (Å²) in [6.45, 7) is 0.925. The monoisotopic (exact) mass is 417 g/mol. The van der Waals surface area contributed by atoms with Crippen molar-refractivity contribution in [2.75, 3.05) is 25.1 Å². The van der Waals surface area contributed by atoms with Gasteiger partial charge in [0.2, 0.25) is 5.91 Å². The van der Waals surface area contributed by atoms with Crippen LogP contribution in [0.15, 0.2) is 78.9 Å². The average Bonchev–Trinajstić information content (AvgIpc) is 2.80. The topological polar surface area (TPSA) is 88.7 Å². The van der Waals surface area contributed by atoms with Gasteiger partial charge < -0.3 is 14.8 Å². The third kappa shape index (κ3) is 5.40. The van der Waals surface area contributed by atoms with Crippen LogP contribution in [0, 0.1) is 0 Å². The number of urea groups is 1. The first-order valence-corrected chi connectivity index (χ1v) is 10.0. The second-order valence-electron chi connectivity index (χ2n) is 7.00. The van der Waals surface area contributed by atoms with Gasteiger partial charge in [0, 0.05) is 11.8 Å². The Labute approximate surface area is 180 Å². The maximum absolute atomic E-state index is 12.4. The van der Waals surface area contributed by atoms with E-state index < -0.39 is 11.9 Å². The number of rotatable bonds is 6. The van der Waals surface area contributed by atoms with Crippen LogP contribution in [0.5, 0.6) is 11.5 Å². The van der Waals surface area contributed by atoms with Crippen molar-refractivity contribution in [3.63, 3.8) is 0 Å². The van der Waals surface area contributed by atoms with Crippen LogP contribution in [0.25, 0.3) is 0 Å². The van der Waals surface area contributed by atoms with Gasteiger partial charge in [-0.05, 0) is 23.3 Å². The van der Waals surface area contributed by atoms with Crippen molar-refractivity contribution < 1.29 is 19.1 Å². The number of carbonyl (C=O) groups excluding carboxylic acids is 2. The summed E-state index contributed by atoms with van der Waals surface area (Å²) in [5.41, 5.74) is 2.57. The summed E-state index contributed by atoms with van der Waals surface area (Å²) in [7, 11) is 0. The fourth-order valence-electron chi connectivity index (χ4n) is 3.37. The van der Waals surface area contributed by atoms with Crippen molar-refractivity contribution >= 4 is 17.6 Å². The molecule has 4 rings (SSSR count). The van der Waals surface area contributed by atoms with Crippen molar-refractivity contribution in [1.29, 1.82) is 0 Å². The molecule has 0 aliphatic carbocycles. The summed E-state index contributed by atoms with van der Waals surface area (Å²) < 4.78 is 11.0. The molecule has 158 valence electrons. The first kappa shape index (κ1) is 20.4. The summed E-state index contributed by atoms with van der Waals surface area (Å²) in [6, 6.07) is 24.0. The zero-order chi connectivity index (χ0) is 21.5. The molecule has 0 bridgehead atoms. The molecule has 1 heterocycles. The van der Waals surface area contributed by atoms with Crippen LogP contribution in [0.4, 0.5) is 10.5 Å². The quantitative estimate of drug-likeness (QED) is 0.571. The van der Waals surface area contributed by atoms with Crippen LogP contribution < -0.4 is 25.4 Å². The van der Waals surface area contributed by atoms with Crippen LogP contribution in [0.3, 0.4) is 0 Å². The maximum Gasteiger partial charge on any atom is 0.325 e. The highest BCUT2D eigenvalue weighted by molar-refractivity contribution is 6.01. The van der Waals surface area contributed by atoms with Gasteiger partial charge in [0.1, 0.15) is 13.2 Å². The molecule has 0 spiro atoms. The van der Waals surface area contributed by atoms with Gasteiger partial charge in [-0.3, -0.25) is 15.4 Å². The van der Waals surface area contributed by atoms with Gasteiger partial charge >= 0.3 is 6.03 Å². The Hall–Kier alpha value is -3.84. The Balaban J connectivity index is 1.34. The molecule has 1 aliphatic rings. The summed E-state index contributed by atoms with van der Waals surface area (Å²) in [5.74, 6) is 0.753. The van der Waals surface area contributed by atoms with Crippen LogP contribution in [-0.2, 0) is 4.79 Å². The third-order valence-corrected chi connectivity index (χ3v) is 4.79. The molecular weight excluding hydrogens is 394 g/mol.